The van der Waals surface area contributed by atoms with E-state index in [0.29, 0.717) is 5.71 Å². The second-order valence-electron chi connectivity index (χ2n) is 4.37. The van der Waals surface area contributed by atoms with Gasteiger partial charge in [0.2, 0.25) is 5.91 Å². The Morgan fingerprint density at radius 3 is 2.53 bits per heavy atom. The Hall–Kier alpha value is -2.16. The van der Waals surface area contributed by atoms with Crippen molar-refractivity contribution in [2.24, 2.45) is 0 Å². The van der Waals surface area contributed by atoms with Crippen LogP contribution >= 0.6 is 0 Å². The Morgan fingerprint density at radius 1 is 1.18 bits per heavy atom. The highest BCUT2D eigenvalue weighted by Gasteiger charge is 2.46. The van der Waals surface area contributed by atoms with Crippen molar-refractivity contribution in [2.45, 2.75) is 5.41 Å². The molecule has 1 aromatic carbocycles. The van der Waals surface area contributed by atoms with Crippen molar-refractivity contribution in [1.82, 2.24) is 0 Å². The second kappa shape index (κ2) is 3.17. The van der Waals surface area contributed by atoms with Gasteiger partial charge < -0.3 is 10.3 Å². The zero-order chi connectivity index (χ0) is 12.0. The first kappa shape index (κ1) is 10.0. The van der Waals surface area contributed by atoms with Crippen LogP contribution < -0.4 is 4.90 Å². The van der Waals surface area contributed by atoms with Crippen LogP contribution in [-0.4, -0.2) is 18.7 Å². The Balaban J connectivity index is 2.26. The van der Waals surface area contributed by atoms with Gasteiger partial charge in [0.25, 0.3) is 0 Å². The summed E-state index contributed by atoms with van der Waals surface area (Å²) in [5.74, 6) is 0.0405. The molecule has 3 nitrogen and oxygen atoms in total. The summed E-state index contributed by atoms with van der Waals surface area (Å²) < 4.78 is 0. The number of anilines is 1. The van der Waals surface area contributed by atoms with E-state index in [-0.39, 0.29) is 5.91 Å². The number of likely N-dealkylation sites (N-methyl/N-ethyl adjacent to an activating group) is 1. The molecule has 0 saturated carbocycles. The van der Waals surface area contributed by atoms with E-state index in [2.05, 4.69) is 0 Å². The minimum atomic E-state index is -0.699. The van der Waals surface area contributed by atoms with Crippen molar-refractivity contribution in [2.75, 3.05) is 11.9 Å². The molecule has 0 radical (unpaired) electrons. The van der Waals surface area contributed by atoms with Gasteiger partial charge in [-0.2, -0.15) is 0 Å². The number of carbonyl (C=O) groups is 1. The van der Waals surface area contributed by atoms with E-state index in [1.54, 1.807) is 24.1 Å². The number of hydrogen-bond donors (Lipinski definition) is 1. The van der Waals surface area contributed by atoms with Gasteiger partial charge in [-0.1, -0.05) is 30.4 Å². The van der Waals surface area contributed by atoms with Crippen LogP contribution in [0.25, 0.3) is 0 Å². The fraction of sp³-hybridized carbons (Fsp3) is 0.143. The molecule has 84 valence electrons. The first-order valence-electron chi connectivity index (χ1n) is 5.50. The lowest BCUT2D eigenvalue weighted by atomic mass is 9.78. The summed E-state index contributed by atoms with van der Waals surface area (Å²) in [6.45, 7) is 0. The smallest absolute Gasteiger partial charge is 0.245 e. The molecule has 0 bridgehead atoms. The van der Waals surface area contributed by atoms with Gasteiger partial charge in [0, 0.05) is 12.7 Å². The standard InChI is InChI=1S/C14H12N2O/c1-16-12-5-3-2-4-11(12)14(13(16)17)8-6-10(15)7-9-14/h2-9,15H,1H3. The normalized spacial score (nSPS) is 25.8. The number of hydrogen-bond acceptors (Lipinski definition) is 2. The van der Waals surface area contributed by atoms with Crippen LogP contribution in [0, 0.1) is 5.41 Å². The summed E-state index contributed by atoms with van der Waals surface area (Å²) in [5, 5.41) is 7.54. The number of nitrogens with zero attached hydrogens (tertiary/aromatic N) is 1. The maximum Gasteiger partial charge on any atom is 0.245 e. The largest absolute Gasteiger partial charge is 0.314 e. The molecule has 1 heterocycles. The van der Waals surface area contributed by atoms with E-state index in [1.807, 2.05) is 36.4 Å². The van der Waals surface area contributed by atoms with Gasteiger partial charge in [0.15, 0.2) is 0 Å². The lowest BCUT2D eigenvalue weighted by molar-refractivity contribution is -0.120. The molecule has 3 rings (SSSR count). The Labute approximate surface area is 99.6 Å². The lowest BCUT2D eigenvalue weighted by Crippen LogP contribution is -2.36. The molecule has 1 amide bonds. The van der Waals surface area contributed by atoms with Gasteiger partial charge in [-0.15, -0.1) is 0 Å². The van der Waals surface area contributed by atoms with Gasteiger partial charge in [0.1, 0.15) is 5.41 Å². The average Bonchev–Trinajstić information content (AvgIpc) is 2.57. The van der Waals surface area contributed by atoms with Gasteiger partial charge in [-0.3, -0.25) is 4.79 Å². The van der Waals surface area contributed by atoms with E-state index in [4.69, 9.17) is 5.41 Å². The molecular weight excluding hydrogens is 212 g/mol. The third-order valence-corrected chi connectivity index (χ3v) is 3.42. The minimum absolute atomic E-state index is 0.0405. The molecule has 2 aliphatic rings. The average molecular weight is 224 g/mol. The SMILES string of the molecule is CN1C(=O)C2(C=CC(=N)C=C2)c2ccccc21. The molecule has 1 N–H and O–H groups in total. The highest BCUT2D eigenvalue weighted by atomic mass is 16.2. The van der Waals surface area contributed by atoms with E-state index in [1.165, 1.54) is 0 Å². The number of rotatable bonds is 0. The van der Waals surface area contributed by atoms with Gasteiger partial charge in [0.05, 0.1) is 5.71 Å². The molecule has 0 atom stereocenters. The summed E-state index contributed by atoms with van der Waals surface area (Å²) in [5.41, 5.74) is 1.67. The highest BCUT2D eigenvalue weighted by Crippen LogP contribution is 2.43. The molecule has 0 unspecified atom stereocenters. The molecule has 1 aliphatic carbocycles. The number of amides is 1. The second-order valence-corrected chi connectivity index (χ2v) is 4.37. The lowest BCUT2D eigenvalue weighted by Gasteiger charge is -2.22. The maximum atomic E-state index is 12.4. The number of allylic oxidation sites excluding steroid dienone is 2. The number of benzene rings is 1. The van der Waals surface area contributed by atoms with E-state index in [9.17, 15) is 4.79 Å². The zero-order valence-electron chi connectivity index (χ0n) is 9.47. The van der Waals surface area contributed by atoms with Crippen molar-refractivity contribution >= 4 is 17.3 Å². The van der Waals surface area contributed by atoms with Gasteiger partial charge in [-0.05, 0) is 23.8 Å². The summed E-state index contributed by atoms with van der Waals surface area (Å²) >= 11 is 0. The Bertz CT molecular complexity index is 568. The van der Waals surface area contributed by atoms with E-state index >= 15 is 0 Å². The molecular formula is C14H12N2O. The van der Waals surface area contributed by atoms with Crippen LogP contribution in [0.3, 0.4) is 0 Å². The van der Waals surface area contributed by atoms with Crippen LogP contribution in [0.15, 0.2) is 48.6 Å². The topological polar surface area (TPSA) is 44.2 Å². The van der Waals surface area contributed by atoms with Crippen LogP contribution in [0.2, 0.25) is 0 Å². The third-order valence-electron chi connectivity index (χ3n) is 3.42. The van der Waals surface area contributed by atoms with Crippen LogP contribution in [0.4, 0.5) is 5.69 Å². The van der Waals surface area contributed by atoms with Crippen LogP contribution in [-0.2, 0) is 10.2 Å². The molecule has 0 aromatic heterocycles. The van der Waals surface area contributed by atoms with Crippen molar-refractivity contribution in [3.63, 3.8) is 0 Å². The van der Waals surface area contributed by atoms with Crippen molar-refractivity contribution in [3.8, 4) is 0 Å². The third kappa shape index (κ3) is 1.16. The predicted octanol–water partition coefficient (Wildman–Crippen LogP) is 2.05. The van der Waals surface area contributed by atoms with Crippen molar-refractivity contribution in [3.05, 3.63) is 54.1 Å². The number of nitrogens with one attached hydrogen (secondary N) is 1. The fourth-order valence-electron chi connectivity index (χ4n) is 2.49. The first-order chi connectivity index (χ1) is 8.15. The zero-order valence-corrected chi connectivity index (χ0v) is 9.47. The maximum absolute atomic E-state index is 12.4. The van der Waals surface area contributed by atoms with Crippen LogP contribution in [0.1, 0.15) is 5.56 Å². The van der Waals surface area contributed by atoms with Gasteiger partial charge in [-0.25, -0.2) is 0 Å². The number of para-hydroxylation sites is 1. The Kier molecular flexibility index (Phi) is 1.87. The molecule has 3 heteroatoms. The number of fused-ring (bicyclic) bond motifs is 2. The first-order valence-corrected chi connectivity index (χ1v) is 5.50. The summed E-state index contributed by atoms with van der Waals surface area (Å²) in [6.07, 6.45) is 7.02. The monoisotopic (exact) mass is 224 g/mol. The quantitative estimate of drug-likeness (QED) is 0.720. The van der Waals surface area contributed by atoms with Crippen molar-refractivity contribution in [1.29, 1.82) is 5.41 Å². The molecule has 1 spiro atoms. The van der Waals surface area contributed by atoms with Crippen LogP contribution in [0.5, 0.6) is 0 Å². The summed E-state index contributed by atoms with van der Waals surface area (Å²) in [7, 11) is 1.79. The molecule has 1 aliphatic heterocycles. The fourth-order valence-corrected chi connectivity index (χ4v) is 2.49. The van der Waals surface area contributed by atoms with E-state index < -0.39 is 5.41 Å². The summed E-state index contributed by atoms with van der Waals surface area (Å²) in [4.78, 5) is 14.1. The summed E-state index contributed by atoms with van der Waals surface area (Å²) in [6, 6.07) is 7.79. The molecule has 0 saturated heterocycles. The van der Waals surface area contributed by atoms with E-state index in [0.717, 1.165) is 11.3 Å². The minimum Gasteiger partial charge on any atom is -0.314 e. The highest BCUT2D eigenvalue weighted by molar-refractivity contribution is 6.14. The predicted molar refractivity (Wildman–Crippen MR) is 67.5 cm³/mol. The molecule has 17 heavy (non-hydrogen) atoms. The Morgan fingerprint density at radius 2 is 1.82 bits per heavy atom. The van der Waals surface area contributed by atoms with Gasteiger partial charge >= 0.3 is 0 Å². The molecule has 0 fully saturated rings. The van der Waals surface area contributed by atoms with Crippen molar-refractivity contribution < 1.29 is 4.79 Å². The molecule has 1 aromatic rings. The number of carbonyl (C=O) groups excluding carboxylic acids is 1.